The van der Waals surface area contributed by atoms with Gasteiger partial charge in [0.1, 0.15) is 0 Å². The second-order valence-electron chi connectivity index (χ2n) is 7.09. The Morgan fingerprint density at radius 1 is 1.19 bits per heavy atom. The highest BCUT2D eigenvalue weighted by Gasteiger charge is 2.34. The van der Waals surface area contributed by atoms with E-state index in [1.54, 1.807) is 24.3 Å². The van der Waals surface area contributed by atoms with E-state index in [4.69, 9.17) is 0 Å². The summed E-state index contributed by atoms with van der Waals surface area (Å²) in [5, 5.41) is 12.0. The Kier molecular flexibility index (Phi) is 5.99. The zero-order chi connectivity index (χ0) is 18.7. The Hall–Kier alpha value is -1.45. The Morgan fingerprint density at radius 3 is 2.46 bits per heavy atom. The Labute approximate surface area is 159 Å². The summed E-state index contributed by atoms with van der Waals surface area (Å²) in [5.41, 5.74) is 1.03. The summed E-state index contributed by atoms with van der Waals surface area (Å²) >= 11 is 1.96. The Morgan fingerprint density at radius 2 is 1.85 bits per heavy atom. The van der Waals surface area contributed by atoms with Gasteiger partial charge in [0, 0.05) is 17.4 Å². The molecule has 2 heterocycles. The van der Waals surface area contributed by atoms with Gasteiger partial charge in [0.15, 0.2) is 21.8 Å². The standard InChI is InChI=1S/C17H25N5O2S2/c1-13(2)16(21-8-10-25-11-9-21)17-18-19-20-22(17)12-26(23,24)15-6-4-14(3)5-7-15/h4-7,13,16H,8-12H2,1-3H3/p+1/t16-/m1/s1. The molecule has 1 atom stereocenters. The van der Waals surface area contributed by atoms with E-state index in [9.17, 15) is 8.42 Å². The SMILES string of the molecule is Cc1ccc(S(=O)(=O)Cn2nnnc2[C@@H](C(C)C)[NH+]2CCSCC2)cc1. The molecule has 1 saturated heterocycles. The molecule has 0 saturated carbocycles. The maximum atomic E-state index is 12.8. The van der Waals surface area contributed by atoms with Crippen LogP contribution in [0, 0.1) is 12.8 Å². The highest BCUT2D eigenvalue weighted by Crippen LogP contribution is 2.20. The van der Waals surface area contributed by atoms with Crippen LogP contribution in [0.3, 0.4) is 0 Å². The largest absolute Gasteiger partial charge is 0.325 e. The van der Waals surface area contributed by atoms with Crippen molar-refractivity contribution in [2.75, 3.05) is 24.6 Å². The maximum Gasteiger partial charge on any atom is 0.210 e. The summed E-state index contributed by atoms with van der Waals surface area (Å²) in [6.07, 6.45) is 0. The normalized spacial score (nSPS) is 17.5. The molecule has 1 fully saturated rings. The third-order valence-electron chi connectivity index (χ3n) is 4.75. The number of sulfone groups is 1. The highest BCUT2D eigenvalue weighted by molar-refractivity contribution is 7.99. The van der Waals surface area contributed by atoms with Crippen molar-refractivity contribution in [3.05, 3.63) is 35.7 Å². The van der Waals surface area contributed by atoms with Gasteiger partial charge >= 0.3 is 0 Å². The van der Waals surface area contributed by atoms with Crippen molar-refractivity contribution in [1.29, 1.82) is 0 Å². The van der Waals surface area contributed by atoms with Crippen LogP contribution in [-0.2, 0) is 15.7 Å². The van der Waals surface area contributed by atoms with E-state index in [2.05, 4.69) is 29.4 Å². The Bertz CT molecular complexity index is 827. The van der Waals surface area contributed by atoms with E-state index >= 15 is 0 Å². The molecule has 1 N–H and O–H groups in total. The van der Waals surface area contributed by atoms with Gasteiger partial charge < -0.3 is 4.90 Å². The fourth-order valence-corrected chi connectivity index (χ4v) is 5.63. The molecule has 9 heteroatoms. The minimum absolute atomic E-state index is 0.0964. The van der Waals surface area contributed by atoms with Crippen LogP contribution in [0.4, 0.5) is 0 Å². The number of quaternary nitrogens is 1. The molecule has 1 aliphatic rings. The second-order valence-corrected chi connectivity index (χ2v) is 10.3. The minimum Gasteiger partial charge on any atom is -0.325 e. The minimum atomic E-state index is -3.51. The lowest BCUT2D eigenvalue weighted by atomic mass is 10.0. The van der Waals surface area contributed by atoms with Crippen molar-refractivity contribution in [1.82, 2.24) is 20.2 Å². The zero-order valence-electron chi connectivity index (χ0n) is 15.4. The summed E-state index contributed by atoms with van der Waals surface area (Å²) in [6.45, 7) is 8.32. The molecule has 2 aromatic rings. The van der Waals surface area contributed by atoms with Gasteiger partial charge in [-0.2, -0.15) is 11.8 Å². The molecule has 0 radical (unpaired) electrons. The third kappa shape index (κ3) is 4.27. The quantitative estimate of drug-likeness (QED) is 0.776. The first-order chi connectivity index (χ1) is 12.4. The molecule has 0 aliphatic carbocycles. The van der Waals surface area contributed by atoms with E-state index in [1.807, 2.05) is 18.7 Å². The van der Waals surface area contributed by atoms with Crippen LogP contribution >= 0.6 is 11.8 Å². The molecule has 142 valence electrons. The summed E-state index contributed by atoms with van der Waals surface area (Å²) in [7, 11) is -3.51. The second kappa shape index (κ2) is 8.06. The first kappa shape index (κ1) is 19.3. The number of nitrogens with one attached hydrogen (secondary N) is 1. The summed E-state index contributed by atoms with van der Waals surface area (Å²) in [5.74, 6) is 2.98. The molecular weight excluding hydrogens is 370 g/mol. The predicted molar refractivity (Wildman–Crippen MR) is 102 cm³/mol. The van der Waals surface area contributed by atoms with Gasteiger partial charge in [0.05, 0.1) is 18.0 Å². The van der Waals surface area contributed by atoms with Crippen LogP contribution < -0.4 is 4.90 Å². The number of thioether (sulfide) groups is 1. The van der Waals surface area contributed by atoms with Crippen LogP contribution in [0.2, 0.25) is 0 Å². The lowest BCUT2D eigenvalue weighted by Crippen LogP contribution is -3.14. The molecule has 0 spiro atoms. The van der Waals surface area contributed by atoms with Gasteiger partial charge in [-0.25, -0.2) is 13.1 Å². The number of hydrogen-bond acceptors (Lipinski definition) is 6. The molecule has 7 nitrogen and oxygen atoms in total. The van der Waals surface area contributed by atoms with E-state index < -0.39 is 9.84 Å². The van der Waals surface area contributed by atoms with Gasteiger partial charge in [0.2, 0.25) is 5.82 Å². The van der Waals surface area contributed by atoms with E-state index in [0.717, 1.165) is 30.2 Å². The van der Waals surface area contributed by atoms with Crippen LogP contribution in [0.15, 0.2) is 29.2 Å². The van der Waals surface area contributed by atoms with Crippen molar-refractivity contribution >= 4 is 21.6 Å². The van der Waals surface area contributed by atoms with Gasteiger partial charge in [-0.15, -0.1) is 5.10 Å². The van der Waals surface area contributed by atoms with Gasteiger partial charge in [-0.3, -0.25) is 0 Å². The van der Waals surface area contributed by atoms with Crippen LogP contribution in [-0.4, -0.2) is 53.2 Å². The monoisotopic (exact) mass is 396 g/mol. The summed E-state index contributed by atoms with van der Waals surface area (Å²) in [4.78, 5) is 1.73. The number of tetrazole rings is 1. The number of benzene rings is 1. The number of nitrogens with zero attached hydrogens (tertiary/aromatic N) is 4. The van der Waals surface area contributed by atoms with Gasteiger partial charge in [-0.1, -0.05) is 31.5 Å². The molecule has 1 aromatic heterocycles. The van der Waals surface area contributed by atoms with Crippen LogP contribution in [0.5, 0.6) is 0 Å². The molecule has 0 bridgehead atoms. The fraction of sp³-hybridized carbons (Fsp3) is 0.588. The van der Waals surface area contributed by atoms with Gasteiger partial charge in [-0.05, 0) is 29.5 Å². The molecule has 0 amide bonds. The average Bonchev–Trinajstić information content (AvgIpc) is 3.03. The maximum absolute atomic E-state index is 12.8. The highest BCUT2D eigenvalue weighted by atomic mass is 32.2. The number of rotatable bonds is 6. The number of hydrogen-bond donors (Lipinski definition) is 1. The number of aryl methyl sites for hydroxylation is 1. The third-order valence-corrected chi connectivity index (χ3v) is 7.31. The van der Waals surface area contributed by atoms with Crippen molar-refractivity contribution < 1.29 is 13.3 Å². The molecule has 3 rings (SSSR count). The van der Waals surface area contributed by atoms with E-state index in [0.29, 0.717) is 16.6 Å². The van der Waals surface area contributed by atoms with E-state index in [-0.39, 0.29) is 11.9 Å². The lowest BCUT2D eigenvalue weighted by molar-refractivity contribution is -0.933. The van der Waals surface area contributed by atoms with Crippen molar-refractivity contribution in [2.45, 2.75) is 37.6 Å². The van der Waals surface area contributed by atoms with Gasteiger partial charge in [0.25, 0.3) is 0 Å². The first-order valence-electron chi connectivity index (χ1n) is 8.86. The fourth-order valence-electron chi connectivity index (χ4n) is 3.40. The smallest absolute Gasteiger partial charge is 0.210 e. The summed E-state index contributed by atoms with van der Waals surface area (Å²) < 4.78 is 27.1. The van der Waals surface area contributed by atoms with Crippen LogP contribution in [0.1, 0.15) is 31.3 Å². The van der Waals surface area contributed by atoms with E-state index in [1.165, 1.54) is 9.58 Å². The Balaban J connectivity index is 1.88. The van der Waals surface area contributed by atoms with Crippen LogP contribution in [0.25, 0.3) is 0 Å². The average molecular weight is 397 g/mol. The lowest BCUT2D eigenvalue weighted by Gasteiger charge is -2.32. The first-order valence-corrected chi connectivity index (χ1v) is 11.7. The van der Waals surface area contributed by atoms with Crippen molar-refractivity contribution in [3.63, 3.8) is 0 Å². The molecule has 26 heavy (non-hydrogen) atoms. The zero-order valence-corrected chi connectivity index (χ0v) is 17.1. The van der Waals surface area contributed by atoms with Crippen molar-refractivity contribution in [3.8, 4) is 0 Å². The predicted octanol–water partition coefficient (Wildman–Crippen LogP) is 0.742. The molecule has 1 aromatic carbocycles. The van der Waals surface area contributed by atoms with Crippen molar-refractivity contribution in [2.24, 2.45) is 5.92 Å². The molecular formula is C17H26N5O2S2+. The topological polar surface area (TPSA) is 82.2 Å². The molecule has 1 aliphatic heterocycles. The summed E-state index contributed by atoms with van der Waals surface area (Å²) in [6, 6.07) is 6.99. The number of aromatic nitrogens is 4. The molecule has 0 unspecified atom stereocenters.